The molecule has 21 heavy (non-hydrogen) atoms. The van der Waals surface area contributed by atoms with E-state index in [9.17, 15) is 14.0 Å². The summed E-state index contributed by atoms with van der Waals surface area (Å²) in [6, 6.07) is 5.69. The molecule has 2 unspecified atom stereocenters. The molecule has 1 aromatic rings. The van der Waals surface area contributed by atoms with Crippen LogP contribution in [0.4, 0.5) is 4.39 Å². The molecule has 1 saturated heterocycles. The molecule has 0 aliphatic carbocycles. The second-order valence-electron chi connectivity index (χ2n) is 4.97. The summed E-state index contributed by atoms with van der Waals surface area (Å²) in [5.41, 5.74) is 0.709. The Morgan fingerprint density at radius 2 is 2.24 bits per heavy atom. The maximum absolute atomic E-state index is 13.4. The minimum Gasteiger partial charge on any atom is -0.354 e. The van der Waals surface area contributed by atoms with E-state index in [1.165, 1.54) is 30.8 Å². The van der Waals surface area contributed by atoms with Crippen molar-refractivity contribution >= 4 is 23.6 Å². The van der Waals surface area contributed by atoms with Gasteiger partial charge >= 0.3 is 0 Å². The van der Waals surface area contributed by atoms with Gasteiger partial charge < -0.3 is 10.2 Å². The zero-order valence-corrected chi connectivity index (χ0v) is 13.0. The highest BCUT2D eigenvalue weighted by molar-refractivity contribution is 7.99. The number of nitrogens with zero attached hydrogens (tertiary/aromatic N) is 1. The zero-order valence-electron chi connectivity index (χ0n) is 12.1. The molecule has 1 aliphatic rings. The number of hydrogen-bond acceptors (Lipinski definition) is 3. The van der Waals surface area contributed by atoms with Gasteiger partial charge in [-0.3, -0.25) is 9.59 Å². The Hall–Kier alpha value is -1.56. The second-order valence-corrected chi connectivity index (χ2v) is 6.09. The summed E-state index contributed by atoms with van der Waals surface area (Å²) in [6.07, 6.45) is 0.846. The van der Waals surface area contributed by atoms with Crippen molar-refractivity contribution in [3.05, 3.63) is 35.6 Å². The zero-order chi connectivity index (χ0) is 15.4. The molecule has 2 amide bonds. The molecule has 2 atom stereocenters. The van der Waals surface area contributed by atoms with Crippen LogP contribution in [0.2, 0.25) is 0 Å². The number of rotatable bonds is 4. The summed E-state index contributed by atoms with van der Waals surface area (Å²) >= 11 is 1.49. The van der Waals surface area contributed by atoms with Gasteiger partial charge in [0.05, 0.1) is 0 Å². The molecule has 114 valence electrons. The van der Waals surface area contributed by atoms with Crippen LogP contribution in [0.15, 0.2) is 24.3 Å². The van der Waals surface area contributed by atoms with E-state index in [0.29, 0.717) is 17.9 Å². The number of thioether (sulfide) groups is 1. The van der Waals surface area contributed by atoms with Crippen LogP contribution in [0, 0.1) is 5.82 Å². The van der Waals surface area contributed by atoms with Crippen LogP contribution >= 0.6 is 11.8 Å². The minimum absolute atomic E-state index is 0.140. The summed E-state index contributed by atoms with van der Waals surface area (Å²) in [5.74, 6) is -0.129. The van der Waals surface area contributed by atoms with Crippen molar-refractivity contribution in [3.63, 3.8) is 0 Å². The topological polar surface area (TPSA) is 49.4 Å². The highest BCUT2D eigenvalue weighted by Crippen LogP contribution is 2.41. The van der Waals surface area contributed by atoms with Crippen LogP contribution in [0.25, 0.3) is 0 Å². The minimum atomic E-state index is -0.493. The van der Waals surface area contributed by atoms with Gasteiger partial charge in [-0.1, -0.05) is 19.1 Å². The highest BCUT2D eigenvalue weighted by Gasteiger charge is 2.40. The molecule has 6 heteroatoms. The van der Waals surface area contributed by atoms with Crippen LogP contribution in [0.1, 0.15) is 31.2 Å². The van der Waals surface area contributed by atoms with E-state index in [2.05, 4.69) is 5.32 Å². The normalized spacial score (nSPS) is 21.4. The molecule has 0 saturated carbocycles. The van der Waals surface area contributed by atoms with Crippen molar-refractivity contribution in [2.45, 2.75) is 31.7 Å². The molecule has 2 rings (SSSR count). The van der Waals surface area contributed by atoms with Crippen LogP contribution < -0.4 is 5.32 Å². The fourth-order valence-electron chi connectivity index (χ4n) is 2.38. The molecular weight excluding hydrogens is 291 g/mol. The lowest BCUT2D eigenvalue weighted by Gasteiger charge is -2.27. The Balaban J connectivity index is 2.21. The summed E-state index contributed by atoms with van der Waals surface area (Å²) in [7, 11) is 0. The first-order valence-corrected chi connectivity index (χ1v) is 8.03. The third-order valence-electron chi connectivity index (χ3n) is 3.35. The molecule has 1 N–H and O–H groups in total. The van der Waals surface area contributed by atoms with E-state index in [4.69, 9.17) is 0 Å². The molecule has 0 aromatic heterocycles. The third-order valence-corrected chi connectivity index (χ3v) is 4.67. The molecule has 1 aliphatic heterocycles. The van der Waals surface area contributed by atoms with Gasteiger partial charge in [0.15, 0.2) is 0 Å². The predicted octanol–water partition coefficient (Wildman–Crippen LogP) is 2.31. The number of amides is 2. The monoisotopic (exact) mass is 310 g/mol. The number of carbonyl (C=O) groups excluding carboxylic acids is 2. The van der Waals surface area contributed by atoms with Crippen molar-refractivity contribution in [1.82, 2.24) is 10.2 Å². The van der Waals surface area contributed by atoms with E-state index in [0.717, 1.165) is 6.42 Å². The van der Waals surface area contributed by atoms with E-state index in [1.807, 2.05) is 6.92 Å². The first-order valence-electron chi connectivity index (χ1n) is 6.98. The molecule has 0 spiro atoms. The second kappa shape index (κ2) is 6.93. The van der Waals surface area contributed by atoms with Crippen molar-refractivity contribution in [2.24, 2.45) is 0 Å². The number of hydrogen-bond donors (Lipinski definition) is 1. The van der Waals surface area contributed by atoms with Gasteiger partial charge in [-0.25, -0.2) is 4.39 Å². The Bertz CT molecular complexity index is 538. The van der Waals surface area contributed by atoms with Crippen LogP contribution in [0.3, 0.4) is 0 Å². The number of benzene rings is 1. The lowest BCUT2D eigenvalue weighted by Crippen LogP contribution is -2.47. The molecule has 4 nitrogen and oxygen atoms in total. The van der Waals surface area contributed by atoms with Gasteiger partial charge in [0.25, 0.3) is 0 Å². The van der Waals surface area contributed by atoms with Gasteiger partial charge in [0.2, 0.25) is 11.8 Å². The van der Waals surface area contributed by atoms with Gasteiger partial charge in [-0.2, -0.15) is 0 Å². The van der Waals surface area contributed by atoms with Gasteiger partial charge in [0.1, 0.15) is 17.2 Å². The summed E-state index contributed by atoms with van der Waals surface area (Å²) in [6.45, 7) is 4.01. The van der Waals surface area contributed by atoms with E-state index < -0.39 is 6.04 Å². The van der Waals surface area contributed by atoms with Gasteiger partial charge in [0, 0.05) is 19.2 Å². The number of halogens is 1. The molecular formula is C15H19FN2O2S. The average Bonchev–Trinajstić information content (AvgIpc) is 2.89. The van der Waals surface area contributed by atoms with E-state index in [1.54, 1.807) is 17.0 Å². The predicted molar refractivity (Wildman–Crippen MR) is 81.2 cm³/mol. The SMILES string of the molecule is CCCNC(=O)C1CSC(c2cccc(F)c2)N1C(C)=O. The fourth-order valence-corrected chi connectivity index (χ4v) is 3.85. The summed E-state index contributed by atoms with van der Waals surface area (Å²) < 4.78 is 13.4. The molecule has 0 bridgehead atoms. The van der Waals surface area contributed by atoms with Crippen molar-refractivity contribution < 1.29 is 14.0 Å². The maximum atomic E-state index is 13.4. The molecule has 1 heterocycles. The average molecular weight is 310 g/mol. The standard InChI is InChI=1S/C15H19FN2O2S/c1-3-7-17-14(20)13-9-21-15(18(13)10(2)19)11-5-4-6-12(16)8-11/h4-6,8,13,15H,3,7,9H2,1-2H3,(H,17,20). The first-order chi connectivity index (χ1) is 10.0. The third kappa shape index (κ3) is 3.56. The van der Waals surface area contributed by atoms with Crippen molar-refractivity contribution in [2.75, 3.05) is 12.3 Å². The maximum Gasteiger partial charge on any atom is 0.243 e. The van der Waals surface area contributed by atoms with Crippen LogP contribution in [0.5, 0.6) is 0 Å². The Morgan fingerprint density at radius 3 is 2.86 bits per heavy atom. The van der Waals surface area contributed by atoms with Gasteiger partial charge in [-0.15, -0.1) is 11.8 Å². The van der Waals surface area contributed by atoms with Crippen LogP contribution in [-0.2, 0) is 9.59 Å². The van der Waals surface area contributed by atoms with E-state index >= 15 is 0 Å². The Labute approximate surface area is 128 Å². The quantitative estimate of drug-likeness (QED) is 0.928. The van der Waals surface area contributed by atoms with Gasteiger partial charge in [-0.05, 0) is 24.1 Å². The van der Waals surface area contributed by atoms with Crippen LogP contribution in [-0.4, -0.2) is 35.1 Å². The first kappa shape index (κ1) is 15.8. The number of carbonyl (C=O) groups is 2. The molecule has 0 radical (unpaired) electrons. The summed E-state index contributed by atoms with van der Waals surface area (Å²) in [5, 5.41) is 2.51. The van der Waals surface area contributed by atoms with Crippen molar-refractivity contribution in [1.29, 1.82) is 0 Å². The molecule has 1 fully saturated rings. The number of nitrogens with one attached hydrogen (secondary N) is 1. The Kier molecular flexibility index (Phi) is 5.22. The lowest BCUT2D eigenvalue weighted by atomic mass is 10.1. The van der Waals surface area contributed by atoms with Crippen molar-refractivity contribution in [3.8, 4) is 0 Å². The Morgan fingerprint density at radius 1 is 1.48 bits per heavy atom. The fraction of sp³-hybridized carbons (Fsp3) is 0.467. The molecule has 1 aromatic carbocycles. The largest absolute Gasteiger partial charge is 0.354 e. The smallest absolute Gasteiger partial charge is 0.243 e. The van der Waals surface area contributed by atoms with E-state index in [-0.39, 0.29) is 23.0 Å². The highest BCUT2D eigenvalue weighted by atomic mass is 32.2. The summed E-state index contributed by atoms with van der Waals surface area (Å²) in [4.78, 5) is 25.7. The lowest BCUT2D eigenvalue weighted by molar-refractivity contribution is -0.138.